The van der Waals surface area contributed by atoms with Gasteiger partial charge in [0.2, 0.25) is 0 Å². The highest BCUT2D eigenvalue weighted by atomic mass is 127. The first-order valence-electron chi connectivity index (χ1n) is 3.61. The molecule has 0 atom stereocenters. The molecule has 0 unspecified atom stereocenters. The third-order valence-electron chi connectivity index (χ3n) is 1.75. The Morgan fingerprint density at radius 1 is 1.62 bits per heavy atom. The van der Waals surface area contributed by atoms with E-state index in [0.29, 0.717) is 0 Å². The van der Waals surface area contributed by atoms with Gasteiger partial charge in [-0.3, -0.25) is 4.79 Å². The van der Waals surface area contributed by atoms with Gasteiger partial charge in [-0.15, -0.1) is 11.6 Å². The summed E-state index contributed by atoms with van der Waals surface area (Å²) in [5, 5.41) is 0. The Kier molecular flexibility index (Phi) is 4.19. The molecule has 4 heteroatoms. The molecule has 70 valence electrons. The molecule has 0 saturated heterocycles. The van der Waals surface area contributed by atoms with Crippen molar-refractivity contribution >= 4 is 55.9 Å². The molecule has 0 fully saturated rings. The molecule has 0 aromatic heterocycles. The SMILES string of the molecule is Cc1c(Br)ccc(I)c1C(=O)CCl. The number of Topliss-reactive ketones (excluding diaryl/α,β-unsaturated/α-hetero) is 1. The van der Waals surface area contributed by atoms with Crippen molar-refractivity contribution in [2.24, 2.45) is 0 Å². The van der Waals surface area contributed by atoms with E-state index in [1.165, 1.54) is 0 Å². The van der Waals surface area contributed by atoms with Crippen molar-refractivity contribution < 1.29 is 4.79 Å². The normalized spacial score (nSPS) is 10.2. The standard InChI is InChI=1S/C9H7BrClIO/c1-5-6(10)2-3-7(12)9(5)8(13)4-11/h2-3H,4H2,1H3. The van der Waals surface area contributed by atoms with Gasteiger partial charge in [0, 0.05) is 13.6 Å². The molecule has 1 rings (SSSR count). The molecule has 0 heterocycles. The summed E-state index contributed by atoms with van der Waals surface area (Å²) < 4.78 is 1.89. The maximum atomic E-state index is 11.4. The molecule has 0 spiro atoms. The Morgan fingerprint density at radius 2 is 2.23 bits per heavy atom. The van der Waals surface area contributed by atoms with E-state index >= 15 is 0 Å². The minimum absolute atomic E-state index is 0.0233. The number of hydrogen-bond donors (Lipinski definition) is 0. The van der Waals surface area contributed by atoms with Gasteiger partial charge in [0.25, 0.3) is 0 Å². The summed E-state index contributed by atoms with van der Waals surface area (Å²) in [7, 11) is 0. The largest absolute Gasteiger partial charge is 0.293 e. The summed E-state index contributed by atoms with van der Waals surface area (Å²) in [4.78, 5) is 11.4. The topological polar surface area (TPSA) is 17.1 Å². The molecular formula is C9H7BrClIO. The van der Waals surface area contributed by atoms with Crippen LogP contribution in [0.3, 0.4) is 0 Å². The number of alkyl halides is 1. The highest BCUT2D eigenvalue weighted by Crippen LogP contribution is 2.24. The molecule has 1 aromatic carbocycles. The van der Waals surface area contributed by atoms with E-state index in [4.69, 9.17) is 11.6 Å². The van der Waals surface area contributed by atoms with Gasteiger partial charge >= 0.3 is 0 Å². The Morgan fingerprint density at radius 3 is 2.77 bits per heavy atom. The molecule has 0 N–H and O–H groups in total. The van der Waals surface area contributed by atoms with Crippen molar-refractivity contribution in [3.8, 4) is 0 Å². The van der Waals surface area contributed by atoms with Crippen LogP contribution in [0.1, 0.15) is 15.9 Å². The molecule has 0 amide bonds. The van der Waals surface area contributed by atoms with Gasteiger partial charge < -0.3 is 0 Å². The van der Waals surface area contributed by atoms with Gasteiger partial charge in [-0.25, -0.2) is 0 Å². The van der Waals surface area contributed by atoms with Crippen LogP contribution in [-0.4, -0.2) is 11.7 Å². The number of carbonyl (C=O) groups excluding carboxylic acids is 1. The summed E-state index contributed by atoms with van der Waals surface area (Å²) in [6.07, 6.45) is 0. The van der Waals surface area contributed by atoms with E-state index in [9.17, 15) is 4.79 Å². The molecular weight excluding hydrogens is 366 g/mol. The van der Waals surface area contributed by atoms with Crippen LogP contribution in [0.5, 0.6) is 0 Å². The highest BCUT2D eigenvalue weighted by molar-refractivity contribution is 14.1. The quantitative estimate of drug-likeness (QED) is 0.438. The summed E-state index contributed by atoms with van der Waals surface area (Å²) in [5.41, 5.74) is 1.68. The Hall–Kier alpha value is 0.390. The van der Waals surface area contributed by atoms with E-state index in [1.807, 2.05) is 19.1 Å². The van der Waals surface area contributed by atoms with Gasteiger partial charge in [0.15, 0.2) is 5.78 Å². The lowest BCUT2D eigenvalue weighted by Gasteiger charge is -2.07. The van der Waals surface area contributed by atoms with Crippen molar-refractivity contribution in [1.29, 1.82) is 0 Å². The van der Waals surface area contributed by atoms with Gasteiger partial charge in [-0.1, -0.05) is 15.9 Å². The van der Waals surface area contributed by atoms with Crippen molar-refractivity contribution in [2.75, 3.05) is 5.88 Å². The fourth-order valence-electron chi connectivity index (χ4n) is 1.06. The Labute approximate surface area is 104 Å². The minimum atomic E-state index is -0.0233. The van der Waals surface area contributed by atoms with E-state index in [-0.39, 0.29) is 11.7 Å². The van der Waals surface area contributed by atoms with E-state index in [0.717, 1.165) is 19.2 Å². The second-order valence-electron chi connectivity index (χ2n) is 2.59. The average Bonchev–Trinajstić information content (AvgIpc) is 2.12. The summed E-state index contributed by atoms with van der Waals surface area (Å²) in [6, 6.07) is 3.83. The van der Waals surface area contributed by atoms with Gasteiger partial charge in [0.05, 0.1) is 5.88 Å². The van der Waals surface area contributed by atoms with Crippen molar-refractivity contribution in [3.05, 3.63) is 31.3 Å². The number of hydrogen-bond acceptors (Lipinski definition) is 1. The lowest BCUT2D eigenvalue weighted by Crippen LogP contribution is -2.06. The predicted octanol–water partition coefficient (Wildman–Crippen LogP) is 3.78. The first kappa shape index (κ1) is 11.5. The smallest absolute Gasteiger partial charge is 0.178 e. The summed E-state index contributed by atoms with van der Waals surface area (Å²) in [6.45, 7) is 1.91. The molecule has 0 aliphatic heterocycles. The maximum Gasteiger partial charge on any atom is 0.178 e. The van der Waals surface area contributed by atoms with Crippen molar-refractivity contribution in [3.63, 3.8) is 0 Å². The lowest BCUT2D eigenvalue weighted by atomic mass is 10.1. The summed E-state index contributed by atoms with van der Waals surface area (Å²) >= 11 is 11.0. The fourth-order valence-corrected chi connectivity index (χ4v) is 2.41. The van der Waals surface area contributed by atoms with Crippen molar-refractivity contribution in [2.45, 2.75) is 6.92 Å². The van der Waals surface area contributed by atoms with Crippen LogP contribution in [0.15, 0.2) is 16.6 Å². The third-order valence-corrected chi connectivity index (χ3v) is 3.75. The molecule has 0 radical (unpaired) electrons. The van der Waals surface area contributed by atoms with Crippen LogP contribution < -0.4 is 0 Å². The third kappa shape index (κ3) is 2.44. The second kappa shape index (κ2) is 4.75. The number of benzene rings is 1. The number of ketones is 1. The van der Waals surface area contributed by atoms with Crippen LogP contribution in [0, 0.1) is 10.5 Å². The first-order chi connectivity index (χ1) is 6.07. The zero-order chi connectivity index (χ0) is 10.0. The number of carbonyl (C=O) groups is 1. The minimum Gasteiger partial charge on any atom is -0.293 e. The van der Waals surface area contributed by atoms with Gasteiger partial charge in [0.1, 0.15) is 0 Å². The monoisotopic (exact) mass is 372 g/mol. The zero-order valence-electron chi connectivity index (χ0n) is 6.90. The molecule has 0 aliphatic rings. The maximum absolute atomic E-state index is 11.4. The zero-order valence-corrected chi connectivity index (χ0v) is 11.4. The van der Waals surface area contributed by atoms with Crippen LogP contribution in [0.4, 0.5) is 0 Å². The van der Waals surface area contributed by atoms with Crippen molar-refractivity contribution in [1.82, 2.24) is 0 Å². The highest BCUT2D eigenvalue weighted by Gasteiger charge is 2.13. The van der Waals surface area contributed by atoms with Gasteiger partial charge in [-0.2, -0.15) is 0 Å². The van der Waals surface area contributed by atoms with Crippen LogP contribution in [-0.2, 0) is 0 Å². The molecule has 1 nitrogen and oxygen atoms in total. The van der Waals surface area contributed by atoms with Crippen LogP contribution in [0.2, 0.25) is 0 Å². The number of rotatable bonds is 2. The van der Waals surface area contributed by atoms with Gasteiger partial charge in [-0.05, 0) is 47.2 Å². The molecule has 0 aliphatic carbocycles. The van der Waals surface area contributed by atoms with E-state index < -0.39 is 0 Å². The second-order valence-corrected chi connectivity index (χ2v) is 4.87. The molecule has 1 aromatic rings. The Balaban J connectivity index is 3.33. The molecule has 13 heavy (non-hydrogen) atoms. The first-order valence-corrected chi connectivity index (χ1v) is 6.02. The summed E-state index contributed by atoms with van der Waals surface area (Å²) in [5.74, 6) is 0.0117. The van der Waals surface area contributed by atoms with Crippen LogP contribution >= 0.6 is 50.1 Å². The van der Waals surface area contributed by atoms with Crippen LogP contribution in [0.25, 0.3) is 0 Å². The predicted molar refractivity (Wildman–Crippen MR) is 66.6 cm³/mol. The molecule has 0 saturated carbocycles. The lowest BCUT2D eigenvalue weighted by molar-refractivity contribution is 0.101. The fraction of sp³-hybridized carbons (Fsp3) is 0.222. The van der Waals surface area contributed by atoms with E-state index in [2.05, 4.69) is 38.5 Å². The van der Waals surface area contributed by atoms with E-state index in [1.54, 1.807) is 0 Å². The number of halogens is 3. The Bertz CT molecular complexity index is 352. The molecule has 0 bridgehead atoms. The average molecular weight is 373 g/mol.